The van der Waals surface area contributed by atoms with Gasteiger partial charge in [-0.1, -0.05) is 40.0 Å². The van der Waals surface area contributed by atoms with E-state index in [1.54, 1.807) is 0 Å². The first-order chi connectivity index (χ1) is 8.09. The van der Waals surface area contributed by atoms with Gasteiger partial charge in [-0.15, -0.1) is 0 Å². The lowest BCUT2D eigenvalue weighted by Crippen LogP contribution is -2.54. The molecule has 0 aromatic carbocycles. The number of hydrogen-bond donors (Lipinski definition) is 2. The second-order valence-electron chi connectivity index (χ2n) is 6.94. The van der Waals surface area contributed by atoms with Crippen LogP contribution in [0.2, 0.25) is 0 Å². The van der Waals surface area contributed by atoms with Gasteiger partial charge < -0.3 is 10.6 Å². The molecule has 2 nitrogen and oxygen atoms in total. The third-order valence-electron chi connectivity index (χ3n) is 5.05. The van der Waals surface area contributed by atoms with Crippen molar-refractivity contribution in [1.29, 1.82) is 0 Å². The van der Waals surface area contributed by atoms with E-state index in [0.717, 1.165) is 18.4 Å². The number of hydrogen-bond acceptors (Lipinski definition) is 2. The molecule has 3 atom stereocenters. The van der Waals surface area contributed by atoms with E-state index in [-0.39, 0.29) is 0 Å². The summed E-state index contributed by atoms with van der Waals surface area (Å²) < 4.78 is 0. The van der Waals surface area contributed by atoms with Crippen molar-refractivity contribution in [3.05, 3.63) is 0 Å². The van der Waals surface area contributed by atoms with Crippen molar-refractivity contribution < 1.29 is 0 Å². The van der Waals surface area contributed by atoms with Crippen LogP contribution >= 0.6 is 0 Å². The molecular formula is C15H30N2. The maximum absolute atomic E-state index is 3.87. The Morgan fingerprint density at radius 3 is 2.65 bits per heavy atom. The van der Waals surface area contributed by atoms with Gasteiger partial charge >= 0.3 is 0 Å². The Labute approximate surface area is 107 Å². The summed E-state index contributed by atoms with van der Waals surface area (Å²) in [6, 6.07) is 0.706. The molecule has 0 aromatic rings. The van der Waals surface area contributed by atoms with Crippen LogP contribution in [0.3, 0.4) is 0 Å². The Hall–Kier alpha value is -0.0800. The highest BCUT2D eigenvalue weighted by Crippen LogP contribution is 2.30. The van der Waals surface area contributed by atoms with Crippen molar-refractivity contribution in [2.45, 2.75) is 58.9 Å². The Bertz CT molecular complexity index is 237. The molecule has 2 heteroatoms. The van der Waals surface area contributed by atoms with Crippen LogP contribution < -0.4 is 10.6 Å². The number of nitrogens with one attached hydrogen (secondary N) is 2. The van der Waals surface area contributed by atoms with E-state index in [1.807, 2.05) is 0 Å². The minimum absolute atomic E-state index is 0.413. The van der Waals surface area contributed by atoms with E-state index >= 15 is 0 Å². The normalized spacial score (nSPS) is 37.9. The molecule has 0 amide bonds. The fourth-order valence-electron chi connectivity index (χ4n) is 3.54. The van der Waals surface area contributed by atoms with Crippen LogP contribution in [0.4, 0.5) is 0 Å². The zero-order valence-electron chi connectivity index (χ0n) is 11.9. The highest BCUT2D eigenvalue weighted by molar-refractivity contribution is 4.91. The van der Waals surface area contributed by atoms with Gasteiger partial charge in [0.2, 0.25) is 0 Å². The van der Waals surface area contributed by atoms with E-state index in [0.29, 0.717) is 11.5 Å². The van der Waals surface area contributed by atoms with Gasteiger partial charge in [0.05, 0.1) is 0 Å². The Morgan fingerprint density at radius 1 is 1.18 bits per heavy atom. The zero-order chi connectivity index (χ0) is 12.3. The smallest absolute Gasteiger partial charge is 0.0142 e. The minimum Gasteiger partial charge on any atom is -0.316 e. The van der Waals surface area contributed by atoms with Crippen LogP contribution in [0.5, 0.6) is 0 Å². The van der Waals surface area contributed by atoms with Gasteiger partial charge in [-0.2, -0.15) is 0 Å². The molecule has 0 aromatic heterocycles. The molecule has 1 aliphatic heterocycles. The molecule has 17 heavy (non-hydrogen) atoms. The first-order valence-electron chi connectivity index (χ1n) is 7.54. The average molecular weight is 238 g/mol. The van der Waals surface area contributed by atoms with Crippen molar-refractivity contribution in [2.24, 2.45) is 17.3 Å². The SMILES string of the molecule is CC1CCCCC1CNC1CCNCC1(C)C. The topological polar surface area (TPSA) is 24.1 Å². The van der Waals surface area contributed by atoms with Gasteiger partial charge in [0.1, 0.15) is 0 Å². The summed E-state index contributed by atoms with van der Waals surface area (Å²) >= 11 is 0. The maximum Gasteiger partial charge on any atom is 0.0142 e. The lowest BCUT2D eigenvalue weighted by atomic mass is 9.77. The van der Waals surface area contributed by atoms with Crippen molar-refractivity contribution in [2.75, 3.05) is 19.6 Å². The highest BCUT2D eigenvalue weighted by atomic mass is 15.0. The third-order valence-corrected chi connectivity index (χ3v) is 5.05. The van der Waals surface area contributed by atoms with E-state index in [9.17, 15) is 0 Å². The van der Waals surface area contributed by atoms with E-state index in [1.165, 1.54) is 45.2 Å². The van der Waals surface area contributed by atoms with Gasteiger partial charge in [0.15, 0.2) is 0 Å². The molecule has 1 heterocycles. The molecule has 2 rings (SSSR count). The van der Waals surface area contributed by atoms with Gasteiger partial charge in [-0.05, 0) is 43.2 Å². The predicted octanol–water partition coefficient (Wildman–Crippen LogP) is 2.79. The largest absolute Gasteiger partial charge is 0.316 e. The molecular weight excluding hydrogens is 208 g/mol. The van der Waals surface area contributed by atoms with Crippen LogP contribution in [-0.2, 0) is 0 Å². The molecule has 2 aliphatic rings. The van der Waals surface area contributed by atoms with Crippen LogP contribution in [0.15, 0.2) is 0 Å². The second kappa shape index (κ2) is 5.71. The summed E-state index contributed by atoms with van der Waals surface area (Å²) in [4.78, 5) is 0. The molecule has 1 saturated heterocycles. The van der Waals surface area contributed by atoms with Crippen molar-refractivity contribution in [1.82, 2.24) is 10.6 Å². The molecule has 1 saturated carbocycles. The highest BCUT2D eigenvalue weighted by Gasteiger charge is 2.32. The molecule has 0 radical (unpaired) electrons. The summed E-state index contributed by atoms with van der Waals surface area (Å²) in [5.74, 6) is 1.86. The Kier molecular flexibility index (Phi) is 4.48. The third kappa shape index (κ3) is 3.45. The summed E-state index contributed by atoms with van der Waals surface area (Å²) in [5.41, 5.74) is 0.413. The zero-order valence-corrected chi connectivity index (χ0v) is 11.9. The number of rotatable bonds is 3. The van der Waals surface area contributed by atoms with Gasteiger partial charge in [0, 0.05) is 12.6 Å². The summed E-state index contributed by atoms with van der Waals surface area (Å²) in [6.45, 7) is 10.8. The average Bonchev–Trinajstić information content (AvgIpc) is 2.29. The van der Waals surface area contributed by atoms with Crippen LogP contribution in [0.25, 0.3) is 0 Å². The fourth-order valence-corrected chi connectivity index (χ4v) is 3.54. The molecule has 1 aliphatic carbocycles. The Morgan fingerprint density at radius 2 is 1.94 bits per heavy atom. The second-order valence-corrected chi connectivity index (χ2v) is 6.94. The fraction of sp³-hybridized carbons (Fsp3) is 1.00. The first kappa shape index (κ1) is 13.4. The van der Waals surface area contributed by atoms with Gasteiger partial charge in [-0.3, -0.25) is 0 Å². The predicted molar refractivity (Wildman–Crippen MR) is 74.2 cm³/mol. The van der Waals surface area contributed by atoms with Crippen molar-refractivity contribution in [3.63, 3.8) is 0 Å². The summed E-state index contributed by atoms with van der Waals surface area (Å²) in [6.07, 6.45) is 7.08. The molecule has 0 bridgehead atoms. The van der Waals surface area contributed by atoms with Crippen molar-refractivity contribution >= 4 is 0 Å². The monoisotopic (exact) mass is 238 g/mol. The quantitative estimate of drug-likeness (QED) is 0.790. The van der Waals surface area contributed by atoms with Crippen LogP contribution in [0.1, 0.15) is 52.9 Å². The molecule has 3 unspecified atom stereocenters. The first-order valence-corrected chi connectivity index (χ1v) is 7.54. The molecule has 2 fully saturated rings. The summed E-state index contributed by atoms with van der Waals surface area (Å²) in [7, 11) is 0. The van der Waals surface area contributed by atoms with E-state index in [2.05, 4.69) is 31.4 Å². The van der Waals surface area contributed by atoms with Crippen LogP contribution in [-0.4, -0.2) is 25.7 Å². The molecule has 0 spiro atoms. The number of piperidine rings is 1. The van der Waals surface area contributed by atoms with E-state index < -0.39 is 0 Å². The van der Waals surface area contributed by atoms with Crippen LogP contribution in [0, 0.1) is 17.3 Å². The molecule has 2 N–H and O–H groups in total. The van der Waals surface area contributed by atoms with Gasteiger partial charge in [0.25, 0.3) is 0 Å². The van der Waals surface area contributed by atoms with Crippen molar-refractivity contribution in [3.8, 4) is 0 Å². The Balaban J connectivity index is 1.80. The standard InChI is InChI=1S/C15H30N2/c1-12-6-4-5-7-13(12)10-17-14-8-9-16-11-15(14,2)3/h12-14,16-17H,4-11H2,1-3H3. The summed E-state index contributed by atoms with van der Waals surface area (Å²) in [5, 5.41) is 7.38. The van der Waals surface area contributed by atoms with E-state index in [4.69, 9.17) is 0 Å². The maximum atomic E-state index is 3.87. The lowest BCUT2D eigenvalue weighted by molar-refractivity contribution is 0.162. The molecule has 100 valence electrons. The van der Waals surface area contributed by atoms with Gasteiger partial charge in [-0.25, -0.2) is 0 Å². The lowest BCUT2D eigenvalue weighted by Gasteiger charge is -2.41. The minimum atomic E-state index is 0.413.